The third kappa shape index (κ3) is 9.21. The van der Waals surface area contributed by atoms with Crippen molar-refractivity contribution in [2.24, 2.45) is 20.5 Å². The van der Waals surface area contributed by atoms with Crippen LogP contribution >= 0.6 is 0 Å². The van der Waals surface area contributed by atoms with Crippen molar-refractivity contribution in [2.45, 2.75) is 19.6 Å². The Kier molecular flexibility index (Phi) is 10.7. The van der Waals surface area contributed by atoms with Crippen LogP contribution in [0, 0.1) is 5.82 Å². The van der Waals surface area contributed by atoms with Crippen LogP contribution in [-0.2, 0) is 54.8 Å². The first-order valence-corrected chi connectivity index (χ1v) is 20.3. The summed E-state index contributed by atoms with van der Waals surface area (Å²) in [7, 11) is -24.8. The van der Waals surface area contributed by atoms with E-state index in [0.29, 0.717) is 30.3 Å². The van der Waals surface area contributed by atoms with E-state index in [9.17, 15) is 65.2 Å². The van der Waals surface area contributed by atoms with E-state index in [2.05, 4.69) is 24.6 Å². The number of sulfone groups is 1. The maximum Gasteiger partial charge on any atom is 0.397 e. The number of fused-ring (bicyclic) bond motifs is 1. The first-order valence-electron chi connectivity index (χ1n) is 12.9. The Morgan fingerprint density at radius 1 is 0.667 bits per heavy atom. The van der Waals surface area contributed by atoms with E-state index in [0.717, 1.165) is 24.3 Å². The molecule has 7 N–H and O–H groups in total. The van der Waals surface area contributed by atoms with Gasteiger partial charge in [-0.25, -0.2) is 17.0 Å². The minimum absolute atomic E-state index is 0.172. The largest absolute Gasteiger partial charge is 0.505 e. The number of nitrogens with two attached hydrogens (primary N) is 1. The van der Waals surface area contributed by atoms with Crippen molar-refractivity contribution in [3.8, 4) is 5.75 Å². The summed E-state index contributed by atoms with van der Waals surface area (Å²) in [5.41, 5.74) is 2.18. The van der Waals surface area contributed by atoms with E-state index >= 15 is 0 Å². The molecule has 27 heteroatoms. The van der Waals surface area contributed by atoms with Crippen LogP contribution in [0.4, 0.5) is 32.8 Å². The molecular formula is C24H20FN5O16S5. The van der Waals surface area contributed by atoms with Crippen molar-refractivity contribution < 1.29 is 74.0 Å². The summed E-state index contributed by atoms with van der Waals surface area (Å²) in [4.78, 5) is -3.75. The lowest BCUT2D eigenvalue weighted by atomic mass is 10.1. The number of phenolic OH excluding ortho intramolecular Hbond substituents is 1. The molecule has 21 nitrogen and oxygen atoms in total. The van der Waals surface area contributed by atoms with E-state index in [-0.39, 0.29) is 10.6 Å². The Hall–Kier alpha value is -4.58. The van der Waals surface area contributed by atoms with Crippen LogP contribution in [0.15, 0.2) is 94.6 Å². The van der Waals surface area contributed by atoms with Crippen molar-refractivity contribution in [3.05, 3.63) is 60.4 Å². The van der Waals surface area contributed by atoms with E-state index in [1.807, 2.05) is 0 Å². The summed E-state index contributed by atoms with van der Waals surface area (Å²) in [5.74, 6) is -3.21. The molecule has 4 rings (SSSR count). The van der Waals surface area contributed by atoms with Crippen molar-refractivity contribution in [2.75, 3.05) is 18.1 Å². The van der Waals surface area contributed by atoms with Gasteiger partial charge in [0, 0.05) is 6.07 Å². The number of rotatable bonds is 12. The predicted molar refractivity (Wildman–Crippen MR) is 170 cm³/mol. The van der Waals surface area contributed by atoms with Crippen LogP contribution in [0.1, 0.15) is 0 Å². The molecule has 0 saturated carbocycles. The van der Waals surface area contributed by atoms with E-state index in [1.165, 1.54) is 0 Å². The third-order valence-corrected chi connectivity index (χ3v) is 11.2. The average Bonchev–Trinajstić information content (AvgIpc) is 2.97. The molecular weight excluding hydrogens is 794 g/mol. The molecule has 0 bridgehead atoms. The number of aromatic hydroxyl groups is 1. The van der Waals surface area contributed by atoms with Gasteiger partial charge in [0.15, 0.2) is 15.6 Å². The summed E-state index contributed by atoms with van der Waals surface area (Å²) in [5, 5.41) is 24.1. The highest BCUT2D eigenvalue weighted by Crippen LogP contribution is 2.48. The second-order valence-electron chi connectivity index (χ2n) is 9.81. The van der Waals surface area contributed by atoms with Gasteiger partial charge >= 0.3 is 10.4 Å². The molecule has 0 saturated heterocycles. The van der Waals surface area contributed by atoms with Crippen molar-refractivity contribution >= 4 is 89.8 Å². The lowest BCUT2D eigenvalue weighted by molar-refractivity contribution is 0.284. The third-order valence-electron chi connectivity index (χ3n) is 6.37. The average molecular weight is 814 g/mol. The molecule has 51 heavy (non-hydrogen) atoms. The highest BCUT2D eigenvalue weighted by atomic mass is 32.3. The van der Waals surface area contributed by atoms with Crippen LogP contribution in [0.2, 0.25) is 0 Å². The number of azo groups is 2. The van der Waals surface area contributed by atoms with Gasteiger partial charge in [0.05, 0.1) is 34.0 Å². The monoisotopic (exact) mass is 813 g/mol. The maximum atomic E-state index is 13.9. The van der Waals surface area contributed by atoms with Crippen molar-refractivity contribution in [1.82, 2.24) is 0 Å². The fourth-order valence-electron chi connectivity index (χ4n) is 4.19. The molecule has 0 atom stereocenters. The lowest BCUT2D eigenvalue weighted by Gasteiger charge is -2.14. The summed E-state index contributed by atoms with van der Waals surface area (Å²) < 4.78 is 174. The Morgan fingerprint density at radius 2 is 1.20 bits per heavy atom. The van der Waals surface area contributed by atoms with Gasteiger partial charge in [0.2, 0.25) is 0 Å². The molecule has 4 aromatic rings. The van der Waals surface area contributed by atoms with E-state index in [4.69, 9.17) is 10.3 Å². The molecule has 0 aliphatic heterocycles. The highest BCUT2D eigenvalue weighted by Gasteiger charge is 2.28. The highest BCUT2D eigenvalue weighted by molar-refractivity contribution is 7.91. The summed E-state index contributed by atoms with van der Waals surface area (Å²) in [6.07, 6.45) is 0. The van der Waals surface area contributed by atoms with Gasteiger partial charge in [-0.05, 0) is 53.9 Å². The summed E-state index contributed by atoms with van der Waals surface area (Å²) >= 11 is 0. The molecule has 4 aromatic carbocycles. The predicted octanol–water partition coefficient (Wildman–Crippen LogP) is 3.43. The van der Waals surface area contributed by atoms with Gasteiger partial charge in [-0.2, -0.15) is 38.8 Å². The Labute approximate surface area is 287 Å². The topological polar surface area (TPSA) is 357 Å². The van der Waals surface area contributed by atoms with Gasteiger partial charge in [-0.1, -0.05) is 0 Å². The fraction of sp³-hybridized carbons (Fsp3) is 0.0833. The molecule has 0 fully saturated rings. The molecule has 0 spiro atoms. The van der Waals surface area contributed by atoms with Crippen molar-refractivity contribution in [3.63, 3.8) is 0 Å². The Balaban J connectivity index is 1.88. The molecule has 0 aromatic heterocycles. The van der Waals surface area contributed by atoms with Crippen LogP contribution in [0.3, 0.4) is 0 Å². The first-order chi connectivity index (χ1) is 23.3. The first kappa shape index (κ1) is 39.2. The second kappa shape index (κ2) is 13.9. The van der Waals surface area contributed by atoms with Crippen LogP contribution in [0.25, 0.3) is 10.8 Å². The van der Waals surface area contributed by atoms with Crippen LogP contribution in [-0.4, -0.2) is 77.8 Å². The smallest absolute Gasteiger partial charge is 0.397 e. The Morgan fingerprint density at radius 3 is 1.73 bits per heavy atom. The molecule has 0 radical (unpaired) electrons. The molecule has 0 amide bonds. The number of hydrogen-bond acceptors (Lipinski definition) is 17. The number of anilines is 1. The summed E-state index contributed by atoms with van der Waals surface area (Å²) in [6.45, 7) is -0.916. The van der Waals surface area contributed by atoms with Crippen LogP contribution < -0.4 is 5.73 Å². The van der Waals surface area contributed by atoms with Crippen LogP contribution in [0.5, 0.6) is 5.75 Å². The minimum atomic E-state index is -5.38. The quantitative estimate of drug-likeness (QED) is 0.0677. The Bertz CT molecular complexity index is 2700. The summed E-state index contributed by atoms with van der Waals surface area (Å²) in [6, 6.07) is 6.84. The number of halogens is 1. The van der Waals surface area contributed by atoms with Gasteiger partial charge < -0.3 is 10.8 Å². The number of hydrogen-bond donors (Lipinski definition) is 6. The molecule has 0 heterocycles. The maximum absolute atomic E-state index is 13.9. The normalized spacial score (nSPS) is 13.4. The zero-order valence-electron chi connectivity index (χ0n) is 24.6. The SMILES string of the molecule is Nc1c(/N=N/c2ccc(S(=O)(=O)CCOS(=O)(=O)O)cc2)c(S(=O)(=O)O)cc2cc(S(=O)(=O)O)c(/N=N/c3cc(F)ccc3S(=O)(=O)O)c(O)c12. The lowest BCUT2D eigenvalue weighted by Crippen LogP contribution is -2.15. The molecule has 274 valence electrons. The van der Waals surface area contributed by atoms with E-state index < -0.39 is 123 Å². The standard InChI is InChI=1S/C24H20FN5O16S5/c25-13-1-6-17(48(34,35)36)16(11-13)28-30-23-19(50(40,41)42)10-12-9-18(49(37,38)39)22(21(26)20(12)24(23)31)29-27-14-2-4-15(5-3-14)47(32,33)8-7-46-51(43,44)45/h1-6,9-11,31H,7-8,26H2,(H,34,35,36)(H,37,38,39)(H,40,41,42)(H,43,44,45)/b29-27+,30-28+. The zero-order valence-corrected chi connectivity index (χ0v) is 28.7. The number of phenols is 1. The van der Waals surface area contributed by atoms with E-state index in [1.54, 1.807) is 0 Å². The fourth-order valence-corrected chi connectivity index (χ4v) is 7.61. The molecule has 0 unspecified atom stereocenters. The van der Waals surface area contributed by atoms with Gasteiger partial charge in [0.1, 0.15) is 37.6 Å². The van der Waals surface area contributed by atoms with Gasteiger partial charge in [-0.3, -0.25) is 18.2 Å². The molecule has 0 aliphatic carbocycles. The minimum Gasteiger partial charge on any atom is -0.505 e. The zero-order chi connectivity index (χ0) is 38.3. The molecule has 0 aliphatic rings. The van der Waals surface area contributed by atoms with Gasteiger partial charge in [-0.15, -0.1) is 15.3 Å². The number of nitrogen functional groups attached to an aromatic ring is 1. The second-order valence-corrected chi connectivity index (χ2v) is 17.2. The van der Waals surface area contributed by atoms with Gasteiger partial charge in [0.25, 0.3) is 30.4 Å². The number of nitrogens with zero attached hydrogens (tertiary/aromatic N) is 4. The number of benzene rings is 4. The van der Waals surface area contributed by atoms with Crippen molar-refractivity contribution in [1.29, 1.82) is 0 Å².